The van der Waals surface area contributed by atoms with Crippen molar-refractivity contribution in [2.24, 2.45) is 0 Å². The highest BCUT2D eigenvalue weighted by molar-refractivity contribution is 6.11. The average Bonchev–Trinajstić information content (AvgIpc) is 3.54. The van der Waals surface area contributed by atoms with Crippen LogP contribution in [0.25, 0.3) is 55.0 Å². The average molecular weight is 657 g/mol. The van der Waals surface area contributed by atoms with Crippen LogP contribution in [-0.2, 0) is 21.7 Å². The number of fused-ring (bicyclic) bond motifs is 6. The van der Waals surface area contributed by atoms with Crippen LogP contribution < -0.4 is 0 Å². The van der Waals surface area contributed by atoms with Gasteiger partial charge in [0, 0.05) is 38.5 Å². The maximum absolute atomic E-state index is 6.25. The van der Waals surface area contributed by atoms with Crippen molar-refractivity contribution in [1.29, 1.82) is 0 Å². The topological polar surface area (TPSA) is 9.86 Å². The van der Waals surface area contributed by atoms with Gasteiger partial charge in [-0.15, -0.1) is 6.42 Å². The van der Waals surface area contributed by atoms with Gasteiger partial charge in [-0.1, -0.05) is 113 Å². The van der Waals surface area contributed by atoms with Crippen molar-refractivity contribution in [3.8, 4) is 23.7 Å². The summed E-state index contributed by atoms with van der Waals surface area (Å²) in [6, 6.07) is 34.6. The number of nitrogens with zero attached hydrogens (tertiary/aromatic N) is 2. The van der Waals surface area contributed by atoms with E-state index in [-0.39, 0.29) is 21.7 Å². The second kappa shape index (κ2) is 11.1. The highest BCUT2D eigenvalue weighted by Crippen LogP contribution is 2.41. The normalized spacial score (nSPS) is 13.2. The van der Waals surface area contributed by atoms with Crippen molar-refractivity contribution >= 4 is 43.6 Å². The van der Waals surface area contributed by atoms with Crippen molar-refractivity contribution in [1.82, 2.24) is 9.13 Å². The van der Waals surface area contributed by atoms with Gasteiger partial charge in [0.15, 0.2) is 0 Å². The van der Waals surface area contributed by atoms with Crippen molar-refractivity contribution in [2.75, 3.05) is 0 Å². The molecule has 0 amide bonds. The van der Waals surface area contributed by atoms with Gasteiger partial charge in [-0.2, -0.15) is 0 Å². The minimum atomic E-state index is 0.0387. The molecule has 5 aromatic carbocycles. The first-order chi connectivity index (χ1) is 23.3. The van der Waals surface area contributed by atoms with Gasteiger partial charge in [-0.25, -0.2) is 0 Å². The maximum Gasteiger partial charge on any atom is 0.0541 e. The Bertz CT molecular complexity index is 2200. The Balaban J connectivity index is 1.56. The Morgan fingerprint density at radius 3 is 0.860 bits per heavy atom. The maximum atomic E-state index is 6.25. The van der Waals surface area contributed by atoms with Crippen LogP contribution in [0, 0.1) is 12.3 Å². The lowest BCUT2D eigenvalue weighted by molar-refractivity contribution is 0.590. The lowest BCUT2D eigenvalue weighted by Gasteiger charge is -2.19. The summed E-state index contributed by atoms with van der Waals surface area (Å²) in [5, 5.41) is 5.08. The molecule has 0 bridgehead atoms. The van der Waals surface area contributed by atoms with E-state index in [1.165, 1.54) is 65.9 Å². The van der Waals surface area contributed by atoms with Crippen LogP contribution >= 0.6 is 0 Å². The quantitative estimate of drug-likeness (QED) is 0.164. The first-order valence-corrected chi connectivity index (χ1v) is 18.1. The summed E-state index contributed by atoms with van der Waals surface area (Å²) in [7, 11) is 0. The summed E-state index contributed by atoms with van der Waals surface area (Å²) in [6.07, 6.45) is 6.25. The largest absolute Gasteiger partial charge is 0.309 e. The summed E-state index contributed by atoms with van der Waals surface area (Å²) < 4.78 is 4.83. The van der Waals surface area contributed by atoms with E-state index in [9.17, 15) is 0 Å². The highest BCUT2D eigenvalue weighted by Gasteiger charge is 2.24. The Labute approximate surface area is 299 Å². The summed E-state index contributed by atoms with van der Waals surface area (Å²) in [4.78, 5) is 0. The van der Waals surface area contributed by atoms with Gasteiger partial charge >= 0.3 is 0 Å². The SMILES string of the molecule is C#Cc1cc(-n2c3ccc(C(C)(C)C)cc3c3cc(C(C)(C)C)ccc32)cc(-n2c3ccc(C(C)(C)C)cc3c3cc(C(C)(C)C)ccc32)c1. The molecule has 0 aliphatic rings. The zero-order chi connectivity index (χ0) is 36.1. The van der Waals surface area contributed by atoms with E-state index in [1.54, 1.807) is 0 Å². The van der Waals surface area contributed by atoms with Crippen LogP contribution in [-0.4, -0.2) is 9.13 Å². The van der Waals surface area contributed by atoms with Crippen LogP contribution in [0.1, 0.15) is 111 Å². The molecule has 7 aromatic rings. The second-order valence-electron chi connectivity index (χ2n) is 18.5. The fourth-order valence-corrected chi connectivity index (χ4v) is 7.41. The Hall–Kier alpha value is -4.74. The van der Waals surface area contributed by atoms with Gasteiger partial charge < -0.3 is 9.13 Å². The Morgan fingerprint density at radius 2 is 0.640 bits per heavy atom. The fraction of sp³-hybridized carbons (Fsp3) is 0.333. The lowest BCUT2D eigenvalue weighted by atomic mass is 9.85. The number of terminal acetylenes is 1. The molecule has 2 aromatic heterocycles. The summed E-state index contributed by atoms with van der Waals surface area (Å²) in [5.41, 5.74) is 13.2. The van der Waals surface area contributed by atoms with Gasteiger partial charge in [0.2, 0.25) is 0 Å². The zero-order valence-corrected chi connectivity index (χ0v) is 32.1. The standard InChI is InChI=1S/C48H52N2/c1-14-30-23-35(49-41-19-15-31(45(2,3)4)25-37(41)38-26-32(46(5,6)7)16-20-42(38)49)29-36(24-30)50-43-21-17-33(47(8,9)10)27-39(43)40-28-34(48(11,12)13)18-22-44(40)50/h1,15-29H,2-13H3. The van der Waals surface area contributed by atoms with Gasteiger partial charge in [-0.3, -0.25) is 0 Å². The predicted octanol–water partition coefficient (Wildman–Crippen LogP) is 13.1. The third-order valence-electron chi connectivity index (χ3n) is 10.6. The van der Waals surface area contributed by atoms with Gasteiger partial charge in [0.25, 0.3) is 0 Å². The molecule has 0 unspecified atom stereocenters. The third-order valence-corrected chi connectivity index (χ3v) is 10.6. The molecule has 0 saturated carbocycles. The van der Waals surface area contributed by atoms with Crippen LogP contribution in [0.4, 0.5) is 0 Å². The van der Waals surface area contributed by atoms with Crippen LogP contribution in [0.2, 0.25) is 0 Å². The molecule has 0 spiro atoms. The second-order valence-corrected chi connectivity index (χ2v) is 18.5. The summed E-state index contributed by atoms with van der Waals surface area (Å²) in [6.45, 7) is 27.5. The molecule has 7 rings (SSSR count). The van der Waals surface area contributed by atoms with Crippen LogP contribution in [0.3, 0.4) is 0 Å². The summed E-state index contributed by atoms with van der Waals surface area (Å²) in [5.74, 6) is 3.01. The number of benzene rings is 5. The first kappa shape index (κ1) is 33.7. The Morgan fingerprint density at radius 1 is 0.380 bits per heavy atom. The van der Waals surface area contributed by atoms with Gasteiger partial charge in [0.1, 0.15) is 0 Å². The smallest absolute Gasteiger partial charge is 0.0541 e. The van der Waals surface area contributed by atoms with E-state index in [0.29, 0.717) is 0 Å². The van der Waals surface area contributed by atoms with E-state index in [4.69, 9.17) is 6.42 Å². The molecule has 0 atom stereocenters. The number of rotatable bonds is 2. The van der Waals surface area contributed by atoms with Crippen LogP contribution in [0.15, 0.2) is 91.0 Å². The molecule has 2 heteroatoms. The summed E-state index contributed by atoms with van der Waals surface area (Å²) >= 11 is 0. The molecule has 50 heavy (non-hydrogen) atoms. The van der Waals surface area contributed by atoms with Gasteiger partial charge in [0.05, 0.1) is 22.1 Å². The van der Waals surface area contributed by atoms with E-state index in [0.717, 1.165) is 16.9 Å². The molecule has 254 valence electrons. The van der Waals surface area contributed by atoms with E-state index >= 15 is 0 Å². The molecule has 0 aliphatic carbocycles. The number of hydrogen-bond acceptors (Lipinski definition) is 0. The molecular formula is C48H52N2. The van der Waals surface area contributed by atoms with Crippen molar-refractivity contribution in [3.63, 3.8) is 0 Å². The molecule has 0 fully saturated rings. The first-order valence-electron chi connectivity index (χ1n) is 18.1. The zero-order valence-electron chi connectivity index (χ0n) is 32.1. The van der Waals surface area contributed by atoms with Crippen molar-refractivity contribution < 1.29 is 0 Å². The molecular weight excluding hydrogens is 605 g/mol. The number of aromatic nitrogens is 2. The molecule has 0 radical (unpaired) electrons. The third kappa shape index (κ3) is 5.62. The van der Waals surface area contributed by atoms with E-state index in [2.05, 4.69) is 189 Å². The lowest BCUT2D eigenvalue weighted by Crippen LogP contribution is -2.10. The number of hydrogen-bond donors (Lipinski definition) is 0. The molecule has 0 saturated heterocycles. The Kier molecular flexibility index (Phi) is 7.51. The molecule has 0 aliphatic heterocycles. The minimum Gasteiger partial charge on any atom is -0.309 e. The molecule has 2 heterocycles. The van der Waals surface area contributed by atoms with E-state index in [1.807, 2.05) is 0 Å². The molecule has 2 nitrogen and oxygen atoms in total. The van der Waals surface area contributed by atoms with E-state index < -0.39 is 0 Å². The van der Waals surface area contributed by atoms with Gasteiger partial charge in [-0.05, 0) is 111 Å². The minimum absolute atomic E-state index is 0.0387. The van der Waals surface area contributed by atoms with Crippen LogP contribution in [0.5, 0.6) is 0 Å². The predicted molar refractivity (Wildman–Crippen MR) is 218 cm³/mol. The fourth-order valence-electron chi connectivity index (χ4n) is 7.41. The highest BCUT2D eigenvalue weighted by atomic mass is 15.0. The monoisotopic (exact) mass is 656 g/mol. The van der Waals surface area contributed by atoms with Crippen molar-refractivity contribution in [2.45, 2.75) is 105 Å². The molecule has 0 N–H and O–H groups in total. The van der Waals surface area contributed by atoms with Crippen molar-refractivity contribution in [3.05, 3.63) is 119 Å².